The molecule has 21 heavy (non-hydrogen) atoms. The lowest BCUT2D eigenvalue weighted by Gasteiger charge is -2.38. The molecule has 8 heteroatoms. The molecule has 1 atom stereocenters. The summed E-state index contributed by atoms with van der Waals surface area (Å²) in [5, 5.41) is 8.13. The Hall–Kier alpha value is -1.22. The summed E-state index contributed by atoms with van der Waals surface area (Å²) in [7, 11) is 2.11. The minimum atomic E-state index is 0.317. The zero-order valence-electron chi connectivity index (χ0n) is 11.8. The highest BCUT2D eigenvalue weighted by molar-refractivity contribution is 9.10. The van der Waals surface area contributed by atoms with E-state index in [1.165, 1.54) is 0 Å². The topological polar surface area (TPSA) is 84.6 Å². The molecule has 0 spiro atoms. The van der Waals surface area contributed by atoms with Crippen molar-refractivity contribution in [2.45, 2.75) is 12.6 Å². The van der Waals surface area contributed by atoms with Crippen LogP contribution >= 0.6 is 15.9 Å². The largest absolute Gasteiger partial charge is 0.444 e. The van der Waals surface area contributed by atoms with E-state index in [9.17, 15) is 0 Å². The van der Waals surface area contributed by atoms with Crippen LogP contribution in [0.5, 0.6) is 0 Å². The Kier molecular flexibility index (Phi) is 4.39. The second kappa shape index (κ2) is 6.27. The summed E-state index contributed by atoms with van der Waals surface area (Å²) < 4.78 is 11.7. The average Bonchev–Trinajstić information content (AvgIpc) is 3.09. The first kappa shape index (κ1) is 14.7. The van der Waals surface area contributed by atoms with Crippen molar-refractivity contribution in [2.24, 2.45) is 5.73 Å². The molecule has 1 aliphatic heterocycles. The van der Waals surface area contributed by atoms with Crippen molar-refractivity contribution in [3.63, 3.8) is 0 Å². The highest BCUT2D eigenvalue weighted by Gasteiger charge is 2.25. The van der Waals surface area contributed by atoms with Crippen molar-refractivity contribution < 1.29 is 8.83 Å². The van der Waals surface area contributed by atoms with Gasteiger partial charge in [0.1, 0.15) is 0 Å². The molecular weight excluding hydrogens is 338 g/mol. The molecule has 0 aliphatic carbocycles. The highest BCUT2D eigenvalue weighted by Crippen LogP contribution is 2.24. The number of furan rings is 1. The second-order valence-corrected chi connectivity index (χ2v) is 6.01. The molecule has 1 fully saturated rings. The van der Waals surface area contributed by atoms with Gasteiger partial charge in [0.2, 0.25) is 5.89 Å². The Morgan fingerprint density at radius 3 is 2.90 bits per heavy atom. The lowest BCUT2D eigenvalue weighted by atomic mass is 10.2. The molecule has 2 aromatic rings. The van der Waals surface area contributed by atoms with Gasteiger partial charge < -0.3 is 19.5 Å². The number of hydrogen-bond acceptors (Lipinski definition) is 7. The van der Waals surface area contributed by atoms with E-state index in [1.807, 2.05) is 0 Å². The van der Waals surface area contributed by atoms with E-state index >= 15 is 0 Å². The molecule has 1 unspecified atom stereocenters. The third-order valence-electron chi connectivity index (χ3n) is 3.67. The van der Waals surface area contributed by atoms with Crippen LogP contribution in [0.1, 0.15) is 5.89 Å². The number of nitrogens with zero attached hydrogens (tertiary/aromatic N) is 4. The van der Waals surface area contributed by atoms with Crippen molar-refractivity contribution in [2.75, 3.05) is 33.2 Å². The molecule has 7 nitrogen and oxygen atoms in total. The summed E-state index contributed by atoms with van der Waals surface area (Å²) in [5.41, 5.74) is 5.85. The maximum atomic E-state index is 5.85. The number of nitrogens with two attached hydrogens (primary N) is 1. The van der Waals surface area contributed by atoms with Crippen LogP contribution < -0.4 is 5.73 Å². The molecule has 0 bridgehead atoms. The Morgan fingerprint density at radius 1 is 1.33 bits per heavy atom. The quantitative estimate of drug-likeness (QED) is 0.880. The standard InChI is InChI=1S/C13H18BrN5O2/c1-18-4-5-19(9(6-15)7-18)8-12-16-17-13(21-12)10-2-3-11(14)20-10/h2-3,9H,4-8,15H2,1H3. The first-order valence-electron chi connectivity index (χ1n) is 6.86. The van der Waals surface area contributed by atoms with Crippen molar-refractivity contribution in [1.82, 2.24) is 20.0 Å². The van der Waals surface area contributed by atoms with Gasteiger partial charge in [-0.05, 0) is 35.1 Å². The van der Waals surface area contributed by atoms with E-state index < -0.39 is 0 Å². The molecule has 0 amide bonds. The lowest BCUT2D eigenvalue weighted by molar-refractivity contribution is 0.0805. The van der Waals surface area contributed by atoms with Gasteiger partial charge in [-0.15, -0.1) is 10.2 Å². The van der Waals surface area contributed by atoms with Gasteiger partial charge in [-0.25, -0.2) is 0 Å². The van der Waals surface area contributed by atoms with Gasteiger partial charge >= 0.3 is 0 Å². The van der Waals surface area contributed by atoms with Crippen LogP contribution in [0, 0.1) is 0 Å². The number of aromatic nitrogens is 2. The molecule has 3 heterocycles. The molecule has 0 radical (unpaired) electrons. The summed E-state index contributed by atoms with van der Waals surface area (Å²) in [6.45, 7) is 4.16. The average molecular weight is 356 g/mol. The zero-order chi connectivity index (χ0) is 14.8. The molecule has 2 N–H and O–H groups in total. The summed E-state index contributed by atoms with van der Waals surface area (Å²) in [4.78, 5) is 4.57. The van der Waals surface area contributed by atoms with E-state index in [0.717, 1.165) is 19.6 Å². The van der Waals surface area contributed by atoms with E-state index in [1.54, 1.807) is 12.1 Å². The number of likely N-dealkylation sites (N-methyl/N-ethyl adjacent to an activating group) is 1. The minimum Gasteiger partial charge on any atom is -0.444 e. The third-order valence-corrected chi connectivity index (χ3v) is 4.10. The predicted octanol–water partition coefficient (Wildman–Crippen LogP) is 1.17. The summed E-state index contributed by atoms with van der Waals surface area (Å²) in [5.74, 6) is 1.55. The Balaban J connectivity index is 1.69. The van der Waals surface area contributed by atoms with E-state index in [-0.39, 0.29) is 0 Å². The van der Waals surface area contributed by atoms with E-state index in [0.29, 0.717) is 41.3 Å². The molecule has 0 aromatic carbocycles. The van der Waals surface area contributed by atoms with Crippen molar-refractivity contribution >= 4 is 15.9 Å². The van der Waals surface area contributed by atoms with Gasteiger partial charge in [0.05, 0.1) is 6.54 Å². The van der Waals surface area contributed by atoms with Gasteiger partial charge in [0.25, 0.3) is 5.89 Å². The summed E-state index contributed by atoms with van der Waals surface area (Å²) >= 11 is 3.26. The number of rotatable bonds is 4. The normalized spacial score (nSPS) is 21.0. The van der Waals surface area contributed by atoms with Crippen LogP contribution in [0.3, 0.4) is 0 Å². The molecule has 3 rings (SSSR count). The van der Waals surface area contributed by atoms with Gasteiger partial charge in [0, 0.05) is 32.2 Å². The molecule has 1 aliphatic rings. The number of piperazine rings is 1. The minimum absolute atomic E-state index is 0.317. The van der Waals surface area contributed by atoms with Crippen LogP contribution in [0.4, 0.5) is 0 Å². The maximum absolute atomic E-state index is 5.85. The maximum Gasteiger partial charge on any atom is 0.283 e. The first-order chi connectivity index (χ1) is 10.2. The summed E-state index contributed by atoms with van der Waals surface area (Å²) in [6, 6.07) is 3.90. The number of halogens is 1. The van der Waals surface area contributed by atoms with Crippen LogP contribution in [-0.4, -0.2) is 59.3 Å². The Bertz CT molecular complexity index is 599. The van der Waals surface area contributed by atoms with Gasteiger partial charge in [-0.2, -0.15) is 0 Å². The molecule has 1 saturated heterocycles. The predicted molar refractivity (Wildman–Crippen MR) is 80.4 cm³/mol. The van der Waals surface area contributed by atoms with Crippen LogP contribution in [0.25, 0.3) is 11.7 Å². The zero-order valence-corrected chi connectivity index (χ0v) is 13.4. The molecule has 0 saturated carbocycles. The van der Waals surface area contributed by atoms with Crippen LogP contribution in [0.15, 0.2) is 25.6 Å². The van der Waals surface area contributed by atoms with E-state index in [4.69, 9.17) is 14.6 Å². The third kappa shape index (κ3) is 3.34. The fourth-order valence-electron chi connectivity index (χ4n) is 2.50. The molecule has 114 valence electrons. The molecule has 2 aromatic heterocycles. The first-order valence-corrected chi connectivity index (χ1v) is 7.65. The fourth-order valence-corrected chi connectivity index (χ4v) is 2.81. The van der Waals surface area contributed by atoms with E-state index in [2.05, 4.69) is 43.0 Å². The number of hydrogen-bond donors (Lipinski definition) is 1. The van der Waals surface area contributed by atoms with Crippen molar-refractivity contribution in [3.05, 3.63) is 22.7 Å². The van der Waals surface area contributed by atoms with Gasteiger partial charge in [-0.1, -0.05) is 0 Å². The van der Waals surface area contributed by atoms with Crippen molar-refractivity contribution in [3.8, 4) is 11.7 Å². The lowest BCUT2D eigenvalue weighted by Crippen LogP contribution is -2.54. The highest BCUT2D eigenvalue weighted by atomic mass is 79.9. The summed E-state index contributed by atoms with van der Waals surface area (Å²) in [6.07, 6.45) is 0. The van der Waals surface area contributed by atoms with Crippen LogP contribution in [0.2, 0.25) is 0 Å². The van der Waals surface area contributed by atoms with Crippen LogP contribution in [-0.2, 0) is 6.54 Å². The second-order valence-electron chi connectivity index (χ2n) is 5.23. The molecular formula is C13H18BrN5O2. The fraction of sp³-hybridized carbons (Fsp3) is 0.538. The smallest absolute Gasteiger partial charge is 0.283 e. The SMILES string of the molecule is CN1CCN(Cc2nnc(-c3ccc(Br)o3)o2)C(CN)C1. The van der Waals surface area contributed by atoms with Gasteiger partial charge in [-0.3, -0.25) is 4.90 Å². The Labute approximate surface area is 131 Å². The Morgan fingerprint density at radius 2 is 2.19 bits per heavy atom. The monoisotopic (exact) mass is 355 g/mol. The van der Waals surface area contributed by atoms with Crippen molar-refractivity contribution in [1.29, 1.82) is 0 Å². The van der Waals surface area contributed by atoms with Gasteiger partial charge in [0.15, 0.2) is 10.4 Å².